The Morgan fingerprint density at radius 3 is 2.37 bits per heavy atom. The van der Waals surface area contributed by atoms with Gasteiger partial charge in [0.1, 0.15) is 5.60 Å². The van der Waals surface area contributed by atoms with Crippen LogP contribution in [0.25, 0.3) is 0 Å². The van der Waals surface area contributed by atoms with Crippen LogP contribution in [0.15, 0.2) is 12.1 Å². The summed E-state index contributed by atoms with van der Waals surface area (Å²) in [5, 5.41) is 29.4. The molecular formula is C24H36O6. The fourth-order valence-electron chi connectivity index (χ4n) is 3.86. The Kier molecular flexibility index (Phi) is 8.56. The zero-order valence-electron chi connectivity index (χ0n) is 18.3. The second-order valence-electron chi connectivity index (χ2n) is 9.33. The monoisotopic (exact) mass is 420 g/mol. The third-order valence-electron chi connectivity index (χ3n) is 6.26. The first kappa shape index (κ1) is 24.0. The van der Waals surface area contributed by atoms with Gasteiger partial charge in [-0.25, -0.2) is 0 Å². The van der Waals surface area contributed by atoms with Gasteiger partial charge in [0.2, 0.25) is 0 Å². The number of ether oxygens (including phenoxy) is 1. The third kappa shape index (κ3) is 7.22. The maximum atomic E-state index is 11.2. The van der Waals surface area contributed by atoms with Gasteiger partial charge in [-0.15, -0.1) is 0 Å². The molecule has 0 amide bonds. The summed E-state index contributed by atoms with van der Waals surface area (Å²) >= 11 is 0. The average Bonchev–Trinajstić information content (AvgIpc) is 3.44. The van der Waals surface area contributed by atoms with Gasteiger partial charge in [0, 0.05) is 0 Å². The molecule has 1 aromatic rings. The summed E-state index contributed by atoms with van der Waals surface area (Å²) in [6.07, 6.45) is 10.5. The van der Waals surface area contributed by atoms with E-state index in [-0.39, 0.29) is 17.1 Å². The highest BCUT2D eigenvalue weighted by Crippen LogP contribution is 2.43. The average molecular weight is 421 g/mol. The lowest BCUT2D eigenvalue weighted by Gasteiger charge is -2.18. The predicted octanol–water partition coefficient (Wildman–Crippen LogP) is 5.12. The summed E-state index contributed by atoms with van der Waals surface area (Å²) in [6, 6.07) is 3.59. The molecule has 0 atom stereocenters. The van der Waals surface area contributed by atoms with Crippen molar-refractivity contribution in [3.8, 4) is 11.5 Å². The highest BCUT2D eigenvalue weighted by atomic mass is 16.5. The summed E-state index contributed by atoms with van der Waals surface area (Å²) in [6.45, 7) is 4.05. The highest BCUT2D eigenvalue weighted by molar-refractivity contribution is 5.73. The number of carboxylic acid groups (broad SMARTS) is 1. The SMILES string of the molecule is CC(C)(CCCCCc1cc(O)c(O)c(CCCCCC2(OC=O)CC2)c1)C(=O)O. The fraction of sp³-hybridized carbons (Fsp3) is 0.667. The lowest BCUT2D eigenvalue weighted by Crippen LogP contribution is -2.23. The molecule has 1 saturated carbocycles. The lowest BCUT2D eigenvalue weighted by atomic mass is 9.87. The lowest BCUT2D eigenvalue weighted by molar-refractivity contribution is -0.147. The van der Waals surface area contributed by atoms with Crippen molar-refractivity contribution in [2.75, 3.05) is 0 Å². The molecule has 1 aliphatic rings. The van der Waals surface area contributed by atoms with Crippen molar-refractivity contribution in [1.29, 1.82) is 0 Å². The van der Waals surface area contributed by atoms with Gasteiger partial charge in [-0.3, -0.25) is 9.59 Å². The number of carbonyl (C=O) groups is 2. The van der Waals surface area contributed by atoms with E-state index in [0.717, 1.165) is 75.3 Å². The number of aliphatic carboxylic acids is 1. The van der Waals surface area contributed by atoms with Crippen LogP contribution in [-0.2, 0) is 27.2 Å². The van der Waals surface area contributed by atoms with Crippen molar-refractivity contribution < 1.29 is 29.6 Å². The van der Waals surface area contributed by atoms with Gasteiger partial charge in [-0.2, -0.15) is 0 Å². The van der Waals surface area contributed by atoms with Crippen molar-refractivity contribution in [1.82, 2.24) is 0 Å². The van der Waals surface area contributed by atoms with E-state index in [9.17, 15) is 19.8 Å². The summed E-state index contributed by atoms with van der Waals surface area (Å²) in [7, 11) is 0. The van der Waals surface area contributed by atoms with Crippen LogP contribution in [0.3, 0.4) is 0 Å². The minimum absolute atomic E-state index is 0.0371. The molecule has 0 aliphatic heterocycles. The minimum Gasteiger partial charge on any atom is -0.504 e. The van der Waals surface area contributed by atoms with Crippen LogP contribution < -0.4 is 0 Å². The Bertz CT molecular complexity index is 721. The van der Waals surface area contributed by atoms with E-state index in [1.807, 2.05) is 6.07 Å². The Hall–Kier alpha value is -2.24. The van der Waals surface area contributed by atoms with Gasteiger partial charge in [-0.05, 0) is 88.8 Å². The predicted molar refractivity (Wildman–Crippen MR) is 115 cm³/mol. The first-order valence-corrected chi connectivity index (χ1v) is 11.1. The molecule has 6 nitrogen and oxygen atoms in total. The number of phenolic OH excluding ortho intramolecular Hbond substituents is 2. The number of hydrogen-bond donors (Lipinski definition) is 3. The zero-order valence-corrected chi connectivity index (χ0v) is 18.3. The molecule has 1 aromatic carbocycles. The molecule has 0 radical (unpaired) electrons. The van der Waals surface area contributed by atoms with Crippen LogP contribution >= 0.6 is 0 Å². The van der Waals surface area contributed by atoms with E-state index in [4.69, 9.17) is 9.84 Å². The molecule has 0 heterocycles. The largest absolute Gasteiger partial charge is 0.504 e. The van der Waals surface area contributed by atoms with E-state index >= 15 is 0 Å². The van der Waals surface area contributed by atoms with Crippen molar-refractivity contribution in [3.05, 3.63) is 23.3 Å². The van der Waals surface area contributed by atoms with Crippen molar-refractivity contribution in [2.45, 2.75) is 96.5 Å². The quantitative estimate of drug-likeness (QED) is 0.207. The van der Waals surface area contributed by atoms with Crippen molar-refractivity contribution in [3.63, 3.8) is 0 Å². The number of hydrogen-bond acceptors (Lipinski definition) is 5. The van der Waals surface area contributed by atoms with Gasteiger partial charge >= 0.3 is 5.97 Å². The molecule has 2 rings (SSSR count). The van der Waals surface area contributed by atoms with E-state index in [0.29, 0.717) is 19.3 Å². The van der Waals surface area contributed by atoms with E-state index in [1.165, 1.54) is 0 Å². The molecule has 168 valence electrons. The van der Waals surface area contributed by atoms with Gasteiger partial charge in [-0.1, -0.05) is 25.3 Å². The molecule has 1 aliphatic carbocycles. The first-order chi connectivity index (χ1) is 14.2. The molecule has 0 saturated heterocycles. The number of aryl methyl sites for hydroxylation is 2. The summed E-state index contributed by atoms with van der Waals surface area (Å²) < 4.78 is 5.16. The summed E-state index contributed by atoms with van der Waals surface area (Å²) in [5.41, 5.74) is 0.862. The maximum absolute atomic E-state index is 11.2. The summed E-state index contributed by atoms with van der Waals surface area (Å²) in [5.74, 6) is -0.880. The van der Waals surface area contributed by atoms with Gasteiger partial charge in [0.15, 0.2) is 11.5 Å². The number of rotatable bonds is 15. The number of benzene rings is 1. The molecule has 0 aromatic heterocycles. The minimum atomic E-state index is -0.765. The smallest absolute Gasteiger partial charge is 0.309 e. The Labute approximate surface area is 179 Å². The van der Waals surface area contributed by atoms with E-state index in [2.05, 4.69) is 0 Å². The van der Waals surface area contributed by atoms with Crippen LogP contribution in [-0.4, -0.2) is 33.4 Å². The molecule has 3 N–H and O–H groups in total. The van der Waals surface area contributed by atoms with Gasteiger partial charge in [0.25, 0.3) is 6.47 Å². The van der Waals surface area contributed by atoms with Crippen molar-refractivity contribution in [2.24, 2.45) is 5.41 Å². The summed E-state index contributed by atoms with van der Waals surface area (Å²) in [4.78, 5) is 21.7. The number of aromatic hydroxyl groups is 2. The molecule has 0 spiro atoms. The molecular weight excluding hydrogens is 384 g/mol. The molecule has 1 fully saturated rings. The van der Waals surface area contributed by atoms with Crippen LogP contribution in [0.1, 0.15) is 89.2 Å². The van der Waals surface area contributed by atoms with Crippen LogP contribution in [0, 0.1) is 5.41 Å². The van der Waals surface area contributed by atoms with E-state index in [1.54, 1.807) is 19.9 Å². The normalized spacial score (nSPS) is 15.0. The highest BCUT2D eigenvalue weighted by Gasteiger charge is 2.44. The molecule has 6 heteroatoms. The second-order valence-corrected chi connectivity index (χ2v) is 9.33. The maximum Gasteiger partial charge on any atom is 0.309 e. The van der Waals surface area contributed by atoms with Crippen LogP contribution in [0.4, 0.5) is 0 Å². The van der Waals surface area contributed by atoms with Crippen LogP contribution in [0.5, 0.6) is 11.5 Å². The first-order valence-electron chi connectivity index (χ1n) is 11.1. The Morgan fingerprint density at radius 2 is 1.73 bits per heavy atom. The Morgan fingerprint density at radius 1 is 1.07 bits per heavy atom. The van der Waals surface area contributed by atoms with E-state index < -0.39 is 11.4 Å². The third-order valence-corrected chi connectivity index (χ3v) is 6.26. The fourth-order valence-corrected chi connectivity index (χ4v) is 3.86. The van der Waals surface area contributed by atoms with Crippen molar-refractivity contribution >= 4 is 12.4 Å². The molecule has 0 bridgehead atoms. The number of carbonyl (C=O) groups excluding carboxylic acids is 1. The van der Waals surface area contributed by atoms with Gasteiger partial charge in [0.05, 0.1) is 5.41 Å². The molecule has 30 heavy (non-hydrogen) atoms. The standard InChI is InChI=1S/C24H36O6/c1-23(2,22(28)29)11-7-3-5-9-18-15-19(21(27)20(26)16-18)10-6-4-8-12-24(13-14-24)30-17-25/h15-17,26-27H,3-14H2,1-2H3,(H,28,29). The number of unbranched alkanes of at least 4 members (excludes halogenated alkanes) is 4. The Balaban J connectivity index is 1.73. The van der Waals surface area contributed by atoms with Gasteiger partial charge < -0.3 is 20.1 Å². The van der Waals surface area contributed by atoms with Crippen LogP contribution in [0.2, 0.25) is 0 Å². The zero-order chi connectivity index (χ0) is 22.2. The second kappa shape index (κ2) is 10.7. The molecule has 0 unspecified atom stereocenters. The number of carboxylic acids is 1. The topological polar surface area (TPSA) is 104 Å². The number of phenols is 2.